The number of amides is 1. The summed E-state index contributed by atoms with van der Waals surface area (Å²) in [5, 5.41) is 4.25. The van der Waals surface area contributed by atoms with Crippen molar-refractivity contribution in [3.63, 3.8) is 0 Å². The van der Waals surface area contributed by atoms with Crippen molar-refractivity contribution >= 4 is 17.0 Å². The Hall–Kier alpha value is -3.56. The van der Waals surface area contributed by atoms with Gasteiger partial charge in [-0.2, -0.15) is 4.98 Å². The molecule has 0 saturated carbocycles. The van der Waals surface area contributed by atoms with Gasteiger partial charge >= 0.3 is 1.43 Å². The summed E-state index contributed by atoms with van der Waals surface area (Å²) in [5.74, 6) is -0.316. The Kier molecular flexibility index (Phi) is 8.95. The van der Waals surface area contributed by atoms with E-state index in [0.717, 1.165) is 5.56 Å². The Morgan fingerprint density at radius 3 is 2.53 bits per heavy atom. The molecule has 1 atom stereocenters. The van der Waals surface area contributed by atoms with Crippen molar-refractivity contribution in [1.29, 1.82) is 0 Å². The number of carbonyl (C=O) groups excluding carboxylic acids is 1. The highest BCUT2D eigenvalue weighted by atomic mass is 35.5. The van der Waals surface area contributed by atoms with E-state index in [-0.39, 0.29) is 37.6 Å². The van der Waals surface area contributed by atoms with Crippen molar-refractivity contribution in [2.45, 2.75) is 39.3 Å². The lowest BCUT2D eigenvalue weighted by atomic mass is 10.1. The minimum absolute atomic E-state index is 0. The summed E-state index contributed by atoms with van der Waals surface area (Å²) in [6, 6.07) is 14.4. The monoisotopic (exact) mass is 513 g/mol. The Bertz CT molecular complexity index is 1380. The van der Waals surface area contributed by atoms with Crippen molar-refractivity contribution in [1.82, 2.24) is 19.6 Å². The number of nitrogens with zero attached hydrogens (tertiary/aromatic N) is 4. The quantitative estimate of drug-likeness (QED) is 0.357. The summed E-state index contributed by atoms with van der Waals surface area (Å²) in [4.78, 5) is 33.5. The number of rotatable bonds is 9. The van der Waals surface area contributed by atoms with Crippen LogP contribution in [0.5, 0.6) is 0 Å². The second kappa shape index (κ2) is 11.9. The van der Waals surface area contributed by atoms with Crippen molar-refractivity contribution in [2.75, 3.05) is 13.1 Å². The number of aromatic nitrogens is 3. The molecular weight excluding hydrogens is 485 g/mol. The van der Waals surface area contributed by atoms with Crippen LogP contribution in [0.25, 0.3) is 11.1 Å². The average Bonchev–Trinajstić information content (AvgIpc) is 3.25. The third kappa shape index (κ3) is 5.47. The maximum absolute atomic E-state index is 13.6. The molecule has 0 spiro atoms. The third-order valence-electron chi connectivity index (χ3n) is 6.00. The second-order valence-electron chi connectivity index (χ2n) is 8.37. The van der Waals surface area contributed by atoms with Crippen LogP contribution in [0, 0.1) is 12.7 Å². The molecule has 2 N–H and O–H groups in total. The second-order valence-corrected chi connectivity index (χ2v) is 8.37. The first kappa shape index (κ1) is 27.0. The van der Waals surface area contributed by atoms with Crippen LogP contribution in [-0.4, -0.2) is 38.6 Å². The topological polar surface area (TPSA) is 107 Å². The van der Waals surface area contributed by atoms with E-state index >= 15 is 0 Å². The van der Waals surface area contributed by atoms with Gasteiger partial charge in [-0.05, 0) is 56.1 Å². The number of fused-ring (bicyclic) bond motifs is 1. The first-order valence-corrected chi connectivity index (χ1v) is 11.6. The number of carbonyl (C=O) groups is 1. The van der Waals surface area contributed by atoms with Crippen LogP contribution >= 0.6 is 0 Å². The SMILES string of the molecule is CCC(c1nc2onc(C)c2c(=O)n1Cc1ccccc1)N(CCCN)C(=O)c1ccc(F)cc1.[Cl-].[H+]. The van der Waals surface area contributed by atoms with Crippen LogP contribution in [0.3, 0.4) is 0 Å². The molecule has 2 aromatic heterocycles. The Balaban J connectivity index is 0.00000241. The van der Waals surface area contributed by atoms with Gasteiger partial charge in [0.2, 0.25) is 0 Å². The molecule has 1 amide bonds. The van der Waals surface area contributed by atoms with Gasteiger partial charge in [0.25, 0.3) is 17.2 Å². The molecule has 4 rings (SSSR count). The molecule has 4 aromatic rings. The normalized spacial score (nSPS) is 11.8. The largest absolute Gasteiger partial charge is 1.00 e. The smallest absolute Gasteiger partial charge is 1.00 e. The van der Waals surface area contributed by atoms with E-state index in [0.29, 0.717) is 48.4 Å². The Morgan fingerprint density at radius 1 is 1.19 bits per heavy atom. The van der Waals surface area contributed by atoms with E-state index < -0.39 is 11.9 Å². The van der Waals surface area contributed by atoms with Crippen molar-refractivity contribution in [3.8, 4) is 0 Å². The zero-order chi connectivity index (χ0) is 24.9. The summed E-state index contributed by atoms with van der Waals surface area (Å²) in [7, 11) is 0. The molecule has 190 valence electrons. The highest BCUT2D eigenvalue weighted by Gasteiger charge is 2.30. The lowest BCUT2D eigenvalue weighted by molar-refractivity contribution is -0.0000192. The Labute approximate surface area is 215 Å². The fourth-order valence-electron chi connectivity index (χ4n) is 4.22. The summed E-state index contributed by atoms with van der Waals surface area (Å²) in [6.07, 6.45) is 1.04. The molecule has 0 aliphatic heterocycles. The minimum Gasteiger partial charge on any atom is -1.00 e. The van der Waals surface area contributed by atoms with Gasteiger partial charge in [-0.1, -0.05) is 42.4 Å². The summed E-state index contributed by atoms with van der Waals surface area (Å²) < 4.78 is 20.4. The van der Waals surface area contributed by atoms with E-state index in [1.807, 2.05) is 37.3 Å². The van der Waals surface area contributed by atoms with Gasteiger partial charge in [-0.3, -0.25) is 14.2 Å². The Morgan fingerprint density at radius 2 is 1.89 bits per heavy atom. The van der Waals surface area contributed by atoms with E-state index in [1.165, 1.54) is 24.3 Å². The van der Waals surface area contributed by atoms with Crippen molar-refractivity contribution in [3.05, 3.63) is 93.4 Å². The van der Waals surface area contributed by atoms with Gasteiger partial charge in [-0.15, -0.1) is 0 Å². The van der Waals surface area contributed by atoms with E-state index in [9.17, 15) is 14.0 Å². The first-order valence-electron chi connectivity index (χ1n) is 11.6. The molecule has 0 radical (unpaired) electrons. The van der Waals surface area contributed by atoms with E-state index in [2.05, 4.69) is 5.16 Å². The summed E-state index contributed by atoms with van der Waals surface area (Å²) in [6.45, 7) is 4.62. The molecule has 0 fully saturated rings. The molecule has 10 heteroatoms. The number of aryl methyl sites for hydroxylation is 1. The predicted molar refractivity (Wildman–Crippen MR) is 132 cm³/mol. The molecule has 0 bridgehead atoms. The molecule has 0 saturated heterocycles. The zero-order valence-electron chi connectivity index (χ0n) is 21.2. The lowest BCUT2D eigenvalue weighted by Gasteiger charge is -2.32. The zero-order valence-corrected chi connectivity index (χ0v) is 20.9. The van der Waals surface area contributed by atoms with E-state index in [1.54, 1.807) is 16.4 Å². The fraction of sp³-hybridized carbons (Fsp3) is 0.308. The highest BCUT2D eigenvalue weighted by molar-refractivity contribution is 5.94. The molecule has 2 aromatic carbocycles. The van der Waals surface area contributed by atoms with Gasteiger partial charge in [0.1, 0.15) is 17.0 Å². The standard InChI is InChI=1S/C26H28FN5O3.ClH/c1-3-21(31(15-7-14-28)25(33)19-10-12-20(27)13-11-19)23-29-24-22(17(2)30-35-24)26(34)32(23)16-18-8-5-4-6-9-18;/h4-6,8-13,21H,3,7,14-16,28H2,1-2H3;1H. The average molecular weight is 514 g/mol. The van der Waals surface area contributed by atoms with Gasteiger partial charge in [0.15, 0.2) is 0 Å². The minimum atomic E-state index is -0.551. The van der Waals surface area contributed by atoms with Gasteiger partial charge in [-0.25, -0.2) is 4.39 Å². The van der Waals surface area contributed by atoms with Crippen LogP contribution in [0.1, 0.15) is 54.7 Å². The number of nitrogens with two attached hydrogens (primary N) is 1. The number of hydrogen-bond acceptors (Lipinski definition) is 6. The number of benzene rings is 2. The van der Waals surface area contributed by atoms with Crippen LogP contribution in [0.2, 0.25) is 0 Å². The summed E-state index contributed by atoms with van der Waals surface area (Å²) >= 11 is 0. The molecule has 2 heterocycles. The first-order chi connectivity index (χ1) is 16.9. The number of halogens is 2. The third-order valence-corrected chi connectivity index (χ3v) is 6.00. The molecule has 8 nitrogen and oxygen atoms in total. The van der Waals surface area contributed by atoms with Gasteiger partial charge < -0.3 is 27.6 Å². The molecule has 36 heavy (non-hydrogen) atoms. The molecule has 0 aliphatic carbocycles. The predicted octanol–water partition coefficient (Wildman–Crippen LogP) is 0.939. The van der Waals surface area contributed by atoms with Crippen LogP contribution in [0.4, 0.5) is 4.39 Å². The van der Waals surface area contributed by atoms with E-state index in [4.69, 9.17) is 15.2 Å². The fourth-order valence-corrected chi connectivity index (χ4v) is 4.22. The van der Waals surface area contributed by atoms with Crippen LogP contribution < -0.4 is 23.7 Å². The van der Waals surface area contributed by atoms with Gasteiger partial charge in [0.05, 0.1) is 18.3 Å². The molecular formula is C26H29ClFN5O3. The van der Waals surface area contributed by atoms with Crippen molar-refractivity contribution in [2.24, 2.45) is 5.73 Å². The maximum Gasteiger partial charge on any atom is 1.00 e. The summed E-state index contributed by atoms with van der Waals surface area (Å²) in [5.41, 5.74) is 7.34. The van der Waals surface area contributed by atoms with Gasteiger partial charge in [0, 0.05) is 12.1 Å². The maximum atomic E-state index is 13.6. The molecule has 0 aliphatic rings. The highest BCUT2D eigenvalue weighted by Crippen LogP contribution is 2.27. The van der Waals surface area contributed by atoms with Crippen molar-refractivity contribution < 1.29 is 27.5 Å². The van der Waals surface area contributed by atoms with Crippen LogP contribution in [0.15, 0.2) is 63.9 Å². The molecule has 1 unspecified atom stereocenters. The number of hydrogen-bond donors (Lipinski definition) is 1. The lowest BCUT2D eigenvalue weighted by Crippen LogP contribution is -3.00. The van der Waals surface area contributed by atoms with Crippen LogP contribution in [-0.2, 0) is 6.54 Å².